The Morgan fingerprint density at radius 2 is 2.35 bits per heavy atom. The lowest BCUT2D eigenvalue weighted by Gasteiger charge is -2.35. The summed E-state index contributed by atoms with van der Waals surface area (Å²) in [6, 6.07) is 0. The van der Waals surface area contributed by atoms with Crippen molar-refractivity contribution in [2.45, 2.75) is 12.3 Å². The van der Waals surface area contributed by atoms with Crippen LogP contribution in [-0.4, -0.2) is 54.6 Å². The van der Waals surface area contributed by atoms with Crippen LogP contribution in [0.15, 0.2) is 10.7 Å². The Hall–Kier alpha value is -0.540. The Labute approximate surface area is 131 Å². The Morgan fingerprint density at radius 1 is 1.60 bits per heavy atom. The first kappa shape index (κ1) is 15.8. The highest BCUT2D eigenvalue weighted by atomic mass is 79.9. The van der Waals surface area contributed by atoms with Gasteiger partial charge in [-0.05, 0) is 22.9 Å². The summed E-state index contributed by atoms with van der Waals surface area (Å²) in [6.07, 6.45) is 2.93. The molecule has 6 nitrogen and oxygen atoms in total. The summed E-state index contributed by atoms with van der Waals surface area (Å²) in [7, 11) is -3.16. The van der Waals surface area contributed by atoms with Crippen molar-refractivity contribution in [3.8, 4) is 0 Å². The molecule has 1 atom stereocenters. The normalized spacial score (nSPS) is 19.9. The molecule has 0 radical (unpaired) electrons. The van der Waals surface area contributed by atoms with Crippen LogP contribution in [0.5, 0.6) is 0 Å². The highest BCUT2D eigenvalue weighted by Gasteiger charge is 2.33. The first-order valence-electron chi connectivity index (χ1n) is 6.23. The van der Waals surface area contributed by atoms with Gasteiger partial charge in [-0.25, -0.2) is 13.4 Å². The second-order valence-corrected chi connectivity index (χ2v) is 8.66. The van der Waals surface area contributed by atoms with E-state index in [2.05, 4.69) is 31.2 Å². The summed E-state index contributed by atoms with van der Waals surface area (Å²) < 4.78 is 24.6. The van der Waals surface area contributed by atoms with Gasteiger partial charge in [-0.2, -0.15) is 16.7 Å². The fraction of sp³-hybridized carbons (Fsp3) is 0.636. The number of hydrogen-bond donors (Lipinski definition) is 1. The minimum absolute atomic E-state index is 0.510. The van der Waals surface area contributed by atoms with Gasteiger partial charge in [0.25, 0.3) is 0 Å². The van der Waals surface area contributed by atoms with E-state index >= 15 is 0 Å². The van der Waals surface area contributed by atoms with Gasteiger partial charge in [-0.1, -0.05) is 0 Å². The minimum atomic E-state index is -3.16. The molecule has 0 bridgehead atoms. The zero-order valence-corrected chi connectivity index (χ0v) is 14.6. The quantitative estimate of drug-likeness (QED) is 0.849. The average Bonchev–Trinajstić information content (AvgIpc) is 2.40. The molecule has 20 heavy (non-hydrogen) atoms. The highest BCUT2D eigenvalue weighted by molar-refractivity contribution is 9.10. The first-order valence-corrected chi connectivity index (χ1v) is 10.1. The molecule has 1 aromatic heterocycles. The van der Waals surface area contributed by atoms with Gasteiger partial charge < -0.3 is 10.2 Å². The van der Waals surface area contributed by atoms with Gasteiger partial charge in [0.05, 0.1) is 4.47 Å². The van der Waals surface area contributed by atoms with E-state index in [1.54, 1.807) is 18.0 Å². The van der Waals surface area contributed by atoms with Gasteiger partial charge in [0.2, 0.25) is 5.95 Å². The number of anilines is 2. The van der Waals surface area contributed by atoms with E-state index in [0.717, 1.165) is 5.75 Å². The maximum atomic E-state index is 12.0. The van der Waals surface area contributed by atoms with Crippen molar-refractivity contribution in [1.82, 2.24) is 9.97 Å². The molecular formula is C11H17BrN4O2S2. The van der Waals surface area contributed by atoms with Gasteiger partial charge in [-0.15, -0.1) is 0 Å². The molecule has 0 aromatic carbocycles. The van der Waals surface area contributed by atoms with Crippen LogP contribution in [0.25, 0.3) is 0 Å². The van der Waals surface area contributed by atoms with E-state index in [4.69, 9.17) is 0 Å². The molecule has 0 amide bonds. The van der Waals surface area contributed by atoms with E-state index in [1.807, 2.05) is 11.8 Å². The molecule has 2 rings (SSSR count). The molecule has 1 N–H and O–H groups in total. The molecule has 2 heterocycles. The summed E-state index contributed by atoms with van der Waals surface area (Å²) in [6.45, 7) is 3.33. The van der Waals surface area contributed by atoms with Crippen LogP contribution in [-0.2, 0) is 9.84 Å². The van der Waals surface area contributed by atoms with Crippen LogP contribution in [0.2, 0.25) is 0 Å². The van der Waals surface area contributed by atoms with Crippen molar-refractivity contribution in [3.05, 3.63) is 10.7 Å². The van der Waals surface area contributed by atoms with Gasteiger partial charge >= 0.3 is 0 Å². The van der Waals surface area contributed by atoms with Crippen molar-refractivity contribution in [1.29, 1.82) is 0 Å². The van der Waals surface area contributed by atoms with E-state index in [-0.39, 0.29) is 0 Å². The lowest BCUT2D eigenvalue weighted by atomic mass is 10.4. The van der Waals surface area contributed by atoms with Crippen LogP contribution in [0.3, 0.4) is 0 Å². The van der Waals surface area contributed by atoms with E-state index in [0.29, 0.717) is 35.1 Å². The molecular weight excluding hydrogens is 364 g/mol. The van der Waals surface area contributed by atoms with Crippen molar-refractivity contribution < 1.29 is 8.42 Å². The molecule has 0 spiro atoms. The molecule has 1 fully saturated rings. The number of rotatable bonds is 4. The molecule has 1 aliphatic rings. The second-order valence-electron chi connectivity index (χ2n) is 4.45. The van der Waals surface area contributed by atoms with Crippen LogP contribution >= 0.6 is 27.7 Å². The minimum Gasteiger partial charge on any atom is -0.354 e. The fourth-order valence-corrected chi connectivity index (χ4v) is 5.22. The lowest BCUT2D eigenvalue weighted by Crippen LogP contribution is -2.47. The summed E-state index contributed by atoms with van der Waals surface area (Å²) in [5.74, 6) is 2.59. The Morgan fingerprint density at radius 3 is 3.00 bits per heavy atom. The van der Waals surface area contributed by atoms with Crippen LogP contribution in [0.1, 0.15) is 6.92 Å². The third-order valence-electron chi connectivity index (χ3n) is 2.91. The van der Waals surface area contributed by atoms with Crippen molar-refractivity contribution in [2.75, 3.05) is 41.1 Å². The molecule has 0 saturated carbocycles. The molecule has 9 heteroatoms. The summed E-state index contributed by atoms with van der Waals surface area (Å²) >= 11 is 5.07. The molecule has 1 aliphatic heterocycles. The third-order valence-corrected chi connectivity index (χ3v) is 6.11. The summed E-state index contributed by atoms with van der Waals surface area (Å²) in [5.41, 5.74) is 0. The SMILES string of the molecule is CCNc1ncc(Br)c(N2CCSCC2S(C)(=O)=O)n1. The number of nitrogens with zero attached hydrogens (tertiary/aromatic N) is 3. The van der Waals surface area contributed by atoms with Gasteiger partial charge in [0.15, 0.2) is 9.84 Å². The van der Waals surface area contributed by atoms with E-state index in [1.165, 1.54) is 6.26 Å². The number of nitrogens with one attached hydrogen (secondary N) is 1. The summed E-state index contributed by atoms with van der Waals surface area (Å²) in [4.78, 5) is 10.4. The predicted molar refractivity (Wildman–Crippen MR) is 87.2 cm³/mol. The molecule has 1 saturated heterocycles. The highest BCUT2D eigenvalue weighted by Crippen LogP contribution is 2.31. The number of sulfone groups is 1. The standard InChI is InChI=1S/C11H17BrN4O2S2/c1-3-13-11-14-6-8(12)10(15-11)16-4-5-19-7-9(16)20(2,17)18/h6,9H,3-5,7H2,1-2H3,(H,13,14,15). The van der Waals surface area contributed by atoms with Gasteiger partial charge in [-0.3, -0.25) is 0 Å². The summed E-state index contributed by atoms with van der Waals surface area (Å²) in [5, 5.41) is 2.50. The molecule has 1 unspecified atom stereocenters. The van der Waals surface area contributed by atoms with Crippen molar-refractivity contribution >= 4 is 49.3 Å². The second kappa shape index (κ2) is 6.48. The fourth-order valence-electron chi connectivity index (χ4n) is 1.98. The Balaban J connectivity index is 2.39. The van der Waals surface area contributed by atoms with Crippen molar-refractivity contribution in [3.63, 3.8) is 0 Å². The predicted octanol–water partition coefficient (Wildman–Crippen LogP) is 1.59. The maximum Gasteiger partial charge on any atom is 0.224 e. The Bertz CT molecular complexity index is 582. The monoisotopic (exact) mass is 380 g/mol. The first-order chi connectivity index (χ1) is 9.43. The van der Waals surface area contributed by atoms with Crippen LogP contribution in [0, 0.1) is 0 Å². The average molecular weight is 381 g/mol. The van der Waals surface area contributed by atoms with Gasteiger partial charge in [0.1, 0.15) is 11.2 Å². The Kier molecular flexibility index (Phi) is 5.14. The van der Waals surface area contributed by atoms with Crippen LogP contribution < -0.4 is 10.2 Å². The molecule has 1 aromatic rings. The van der Waals surface area contributed by atoms with Crippen molar-refractivity contribution in [2.24, 2.45) is 0 Å². The van der Waals surface area contributed by atoms with E-state index < -0.39 is 15.2 Å². The van der Waals surface area contributed by atoms with Gasteiger partial charge in [0, 0.05) is 37.0 Å². The third kappa shape index (κ3) is 3.56. The smallest absolute Gasteiger partial charge is 0.224 e. The lowest BCUT2D eigenvalue weighted by molar-refractivity contribution is 0.583. The number of halogens is 1. The molecule has 112 valence electrons. The molecule has 0 aliphatic carbocycles. The maximum absolute atomic E-state index is 12.0. The topological polar surface area (TPSA) is 75.2 Å². The number of thioether (sulfide) groups is 1. The zero-order valence-electron chi connectivity index (χ0n) is 11.3. The number of hydrogen-bond acceptors (Lipinski definition) is 7. The zero-order chi connectivity index (χ0) is 14.8. The largest absolute Gasteiger partial charge is 0.354 e. The van der Waals surface area contributed by atoms with E-state index in [9.17, 15) is 8.42 Å². The number of aromatic nitrogens is 2. The van der Waals surface area contributed by atoms with Crippen LogP contribution in [0.4, 0.5) is 11.8 Å².